The van der Waals surface area contributed by atoms with Crippen molar-refractivity contribution in [2.45, 2.75) is 58.8 Å². The van der Waals surface area contributed by atoms with E-state index in [0.29, 0.717) is 5.57 Å². The van der Waals surface area contributed by atoms with Gasteiger partial charge in [-0.3, -0.25) is 14.9 Å². The topological polar surface area (TPSA) is 139 Å². The molecule has 2 aliphatic rings. The van der Waals surface area contributed by atoms with Crippen LogP contribution in [0.3, 0.4) is 0 Å². The first kappa shape index (κ1) is 27.5. The Balaban J connectivity index is 2.07. The summed E-state index contributed by atoms with van der Waals surface area (Å²) >= 11 is 0. The van der Waals surface area contributed by atoms with Gasteiger partial charge in [-0.25, -0.2) is 14.4 Å². The van der Waals surface area contributed by atoms with E-state index in [1.807, 2.05) is 0 Å². The van der Waals surface area contributed by atoms with Crippen molar-refractivity contribution < 1.29 is 38.3 Å². The fourth-order valence-corrected chi connectivity index (χ4v) is 4.60. The minimum atomic E-state index is -1.15. The molecule has 0 aromatic heterocycles. The van der Waals surface area contributed by atoms with Crippen molar-refractivity contribution in [2.24, 2.45) is 11.3 Å². The van der Waals surface area contributed by atoms with E-state index in [0.717, 1.165) is 0 Å². The predicted molar refractivity (Wildman–Crippen MR) is 131 cm³/mol. The number of allylic oxidation sites excluding steroid dienone is 1. The van der Waals surface area contributed by atoms with Crippen LogP contribution < -0.4 is 0 Å². The number of carbonyl (C=O) groups is 4. The third-order valence-corrected chi connectivity index (χ3v) is 6.45. The van der Waals surface area contributed by atoms with E-state index in [1.165, 1.54) is 37.3 Å². The van der Waals surface area contributed by atoms with Gasteiger partial charge in [0.1, 0.15) is 12.2 Å². The smallest absolute Gasteiger partial charge is 0.338 e. The van der Waals surface area contributed by atoms with Gasteiger partial charge in [0.15, 0.2) is 11.9 Å². The lowest BCUT2D eigenvalue weighted by atomic mass is 9.73. The molecular formula is C27H29NO9. The molecule has 0 radical (unpaired) electrons. The summed E-state index contributed by atoms with van der Waals surface area (Å²) in [5.74, 6) is -3.37. The fraction of sp³-hybridized carbons (Fsp3) is 0.407. The number of nitrogens with zero attached hydrogens (tertiary/aromatic N) is 1. The second-order valence-corrected chi connectivity index (χ2v) is 10.1. The summed E-state index contributed by atoms with van der Waals surface area (Å²) in [5.41, 5.74) is -0.372. The molecule has 4 atom stereocenters. The summed E-state index contributed by atoms with van der Waals surface area (Å²) in [6.45, 7) is 14.1. The summed E-state index contributed by atoms with van der Waals surface area (Å²) in [6.07, 6.45) is -1.69. The number of hydrogen-bond donors (Lipinski definition) is 0. The van der Waals surface area contributed by atoms with Crippen molar-refractivity contribution in [2.75, 3.05) is 0 Å². The lowest BCUT2D eigenvalue weighted by Crippen LogP contribution is -2.50. The highest BCUT2D eigenvalue weighted by Gasteiger charge is 2.54. The van der Waals surface area contributed by atoms with Gasteiger partial charge in [-0.1, -0.05) is 32.6 Å². The summed E-state index contributed by atoms with van der Waals surface area (Å²) in [5, 5.41) is 11.0. The van der Waals surface area contributed by atoms with Crippen molar-refractivity contribution in [3.05, 3.63) is 75.9 Å². The van der Waals surface area contributed by atoms with E-state index in [9.17, 15) is 29.3 Å². The van der Waals surface area contributed by atoms with Gasteiger partial charge >= 0.3 is 17.9 Å². The number of nitro benzene ring substituents is 1. The molecule has 37 heavy (non-hydrogen) atoms. The molecule has 2 unspecified atom stereocenters. The van der Waals surface area contributed by atoms with Gasteiger partial charge in [0.05, 0.1) is 16.4 Å². The first-order valence-corrected chi connectivity index (χ1v) is 11.6. The number of rotatable bonds is 5. The van der Waals surface area contributed by atoms with Crippen molar-refractivity contribution in [3.63, 3.8) is 0 Å². The highest BCUT2D eigenvalue weighted by Crippen LogP contribution is 2.43. The molecule has 1 aromatic rings. The molecule has 1 saturated heterocycles. The maximum Gasteiger partial charge on any atom is 0.338 e. The number of hydrogen-bond acceptors (Lipinski definition) is 9. The van der Waals surface area contributed by atoms with Crippen molar-refractivity contribution >= 4 is 29.4 Å². The Hall–Kier alpha value is -4.08. The first-order chi connectivity index (χ1) is 17.2. The Labute approximate surface area is 214 Å². The second-order valence-electron chi connectivity index (χ2n) is 10.1. The molecule has 10 nitrogen and oxygen atoms in total. The van der Waals surface area contributed by atoms with Crippen molar-refractivity contribution in [1.29, 1.82) is 0 Å². The molecule has 196 valence electrons. The zero-order chi connectivity index (χ0) is 27.7. The van der Waals surface area contributed by atoms with Crippen LogP contribution >= 0.6 is 0 Å². The van der Waals surface area contributed by atoms with Crippen LogP contribution in [0.25, 0.3) is 0 Å². The zero-order valence-corrected chi connectivity index (χ0v) is 21.1. The molecule has 10 heteroatoms. The van der Waals surface area contributed by atoms with Crippen LogP contribution in [0.15, 0.2) is 60.2 Å². The highest BCUT2D eigenvalue weighted by atomic mass is 16.6. The van der Waals surface area contributed by atoms with Crippen LogP contribution in [0.4, 0.5) is 5.69 Å². The minimum Gasteiger partial charge on any atom is -0.458 e. The molecule has 1 aromatic carbocycles. The third kappa shape index (κ3) is 6.02. The van der Waals surface area contributed by atoms with Gasteiger partial charge in [-0.15, -0.1) is 0 Å². The molecule has 0 spiro atoms. The quantitative estimate of drug-likeness (QED) is 0.188. The van der Waals surface area contributed by atoms with Crippen LogP contribution in [-0.2, 0) is 28.6 Å². The van der Waals surface area contributed by atoms with E-state index in [1.54, 1.807) is 20.8 Å². The van der Waals surface area contributed by atoms with Gasteiger partial charge in [0.2, 0.25) is 0 Å². The molecule has 3 rings (SSSR count). The monoisotopic (exact) mass is 511 g/mol. The average molecular weight is 512 g/mol. The van der Waals surface area contributed by atoms with E-state index >= 15 is 0 Å². The maximum absolute atomic E-state index is 13.1. The van der Waals surface area contributed by atoms with Gasteiger partial charge in [-0.2, -0.15) is 0 Å². The normalized spacial score (nSPS) is 26.7. The summed E-state index contributed by atoms with van der Waals surface area (Å²) < 4.78 is 17.2. The lowest BCUT2D eigenvalue weighted by Gasteiger charge is -2.40. The van der Waals surface area contributed by atoms with E-state index < -0.39 is 52.5 Å². The average Bonchev–Trinajstić information content (AvgIpc) is 3.09. The van der Waals surface area contributed by atoms with Crippen LogP contribution in [0.5, 0.6) is 0 Å². The number of fused-ring (bicyclic) bond motifs is 1. The van der Waals surface area contributed by atoms with Crippen LogP contribution in [-0.4, -0.2) is 46.9 Å². The SMILES string of the molecule is C=C(C)C(=O)O[C@H]1C/C(C)=C/C(=O)CC(C)(C)C(OC(=O)c2ccc([N+](=O)[O-])cc2)[C@H]2OC(=O)C(=C)C21. The first-order valence-electron chi connectivity index (χ1n) is 11.6. The predicted octanol–water partition coefficient (Wildman–Crippen LogP) is 4.04. The number of nitro groups is 1. The van der Waals surface area contributed by atoms with Gasteiger partial charge < -0.3 is 14.2 Å². The molecular weight excluding hydrogens is 482 g/mol. The molecule has 1 heterocycles. The number of benzene rings is 1. The molecule has 0 amide bonds. The van der Waals surface area contributed by atoms with Crippen molar-refractivity contribution in [1.82, 2.24) is 0 Å². The zero-order valence-electron chi connectivity index (χ0n) is 21.1. The molecule has 0 saturated carbocycles. The Kier molecular flexibility index (Phi) is 7.80. The molecule has 0 N–H and O–H groups in total. The Bertz CT molecular complexity index is 1210. The van der Waals surface area contributed by atoms with Gasteiger partial charge in [0.25, 0.3) is 5.69 Å². The Morgan fingerprint density at radius 2 is 1.78 bits per heavy atom. The highest BCUT2D eigenvalue weighted by molar-refractivity contribution is 5.93. The maximum atomic E-state index is 13.1. The summed E-state index contributed by atoms with van der Waals surface area (Å²) in [7, 11) is 0. The Morgan fingerprint density at radius 3 is 2.35 bits per heavy atom. The number of carbonyl (C=O) groups excluding carboxylic acids is 4. The second kappa shape index (κ2) is 10.5. The van der Waals surface area contributed by atoms with Crippen LogP contribution in [0.1, 0.15) is 50.9 Å². The third-order valence-electron chi connectivity index (χ3n) is 6.45. The minimum absolute atomic E-state index is 0.0329. The van der Waals surface area contributed by atoms with Gasteiger partial charge in [-0.05, 0) is 32.1 Å². The van der Waals surface area contributed by atoms with Crippen molar-refractivity contribution in [3.8, 4) is 0 Å². The molecule has 1 aliphatic heterocycles. The van der Waals surface area contributed by atoms with E-state index in [2.05, 4.69) is 13.2 Å². The number of non-ortho nitro benzene ring substituents is 1. The summed E-state index contributed by atoms with van der Waals surface area (Å²) in [4.78, 5) is 61.5. The Morgan fingerprint density at radius 1 is 1.16 bits per heavy atom. The summed E-state index contributed by atoms with van der Waals surface area (Å²) in [6, 6.07) is 4.83. The standard InChI is InChI=1S/C27H29NO9/c1-14(2)24(30)35-20-12-15(3)11-19(29)13-27(5,6)23(22-21(20)16(4)25(31)36-22)37-26(32)17-7-9-18(10-8-17)28(33)34/h7-11,20-23H,1,4,12-13H2,2-3,5-6H3/b15-11+/t20-,21?,22-,23?/m0/s1. The fourth-order valence-electron chi connectivity index (χ4n) is 4.60. The van der Waals surface area contributed by atoms with E-state index in [-0.39, 0.29) is 41.0 Å². The van der Waals surface area contributed by atoms with Crippen LogP contribution in [0, 0.1) is 21.4 Å². The number of ketones is 1. The molecule has 1 aliphatic carbocycles. The largest absolute Gasteiger partial charge is 0.458 e. The van der Waals surface area contributed by atoms with Gasteiger partial charge in [0, 0.05) is 41.5 Å². The molecule has 1 fully saturated rings. The number of ether oxygens (including phenoxy) is 3. The van der Waals surface area contributed by atoms with Crippen LogP contribution in [0.2, 0.25) is 0 Å². The number of esters is 3. The molecule has 0 bridgehead atoms. The lowest BCUT2D eigenvalue weighted by molar-refractivity contribution is -0.384. The van der Waals surface area contributed by atoms with E-state index in [4.69, 9.17) is 14.2 Å².